The molecular formula is C10H13N3O3. The quantitative estimate of drug-likeness (QED) is 0.763. The number of carbonyl (C=O) groups is 2. The third-order valence-electron chi connectivity index (χ3n) is 2.78. The van der Waals surface area contributed by atoms with E-state index in [1.165, 1.54) is 17.4 Å². The molecule has 1 aromatic rings. The lowest BCUT2D eigenvalue weighted by Gasteiger charge is -2.32. The first kappa shape index (κ1) is 10.7. The summed E-state index contributed by atoms with van der Waals surface area (Å²) in [7, 11) is 0. The van der Waals surface area contributed by atoms with Crippen molar-refractivity contribution < 1.29 is 14.7 Å². The number of carbonyl (C=O) groups excluding carboxylic acids is 1. The van der Waals surface area contributed by atoms with Gasteiger partial charge in [0.25, 0.3) is 5.91 Å². The van der Waals surface area contributed by atoms with Crippen LogP contribution in [0, 0.1) is 0 Å². The number of aliphatic carboxylic acids is 1. The summed E-state index contributed by atoms with van der Waals surface area (Å²) in [5.41, 5.74) is 0.341. The molecule has 0 bridgehead atoms. The van der Waals surface area contributed by atoms with Gasteiger partial charge in [0.05, 0.1) is 12.5 Å². The summed E-state index contributed by atoms with van der Waals surface area (Å²) in [6.07, 6.45) is 5.05. The second kappa shape index (κ2) is 4.34. The van der Waals surface area contributed by atoms with Crippen LogP contribution in [0.3, 0.4) is 0 Å². The molecule has 1 atom stereocenters. The molecule has 86 valence electrons. The van der Waals surface area contributed by atoms with Crippen molar-refractivity contribution in [2.75, 3.05) is 6.54 Å². The first-order valence-corrected chi connectivity index (χ1v) is 5.22. The Morgan fingerprint density at radius 1 is 1.50 bits per heavy atom. The van der Waals surface area contributed by atoms with Crippen molar-refractivity contribution in [3.05, 3.63) is 18.2 Å². The van der Waals surface area contributed by atoms with Gasteiger partial charge in [-0.25, -0.2) is 9.78 Å². The van der Waals surface area contributed by atoms with Crippen molar-refractivity contribution in [2.24, 2.45) is 0 Å². The third kappa shape index (κ3) is 1.91. The summed E-state index contributed by atoms with van der Waals surface area (Å²) in [5.74, 6) is -1.22. The Bertz CT molecular complexity index is 388. The molecular weight excluding hydrogens is 210 g/mol. The molecule has 0 radical (unpaired) electrons. The topological polar surface area (TPSA) is 86.3 Å². The lowest BCUT2D eigenvalue weighted by molar-refractivity contribution is -0.143. The predicted octanol–water partition coefficient (Wildman–Crippen LogP) is 0.489. The second-order valence-corrected chi connectivity index (χ2v) is 3.81. The molecule has 1 aliphatic heterocycles. The minimum Gasteiger partial charge on any atom is -0.480 e. The van der Waals surface area contributed by atoms with Crippen LogP contribution < -0.4 is 0 Å². The molecule has 1 amide bonds. The van der Waals surface area contributed by atoms with Crippen LogP contribution in [0.1, 0.15) is 29.8 Å². The summed E-state index contributed by atoms with van der Waals surface area (Å²) < 4.78 is 0. The van der Waals surface area contributed by atoms with E-state index in [1.807, 2.05) is 0 Å². The number of H-pyrrole nitrogens is 1. The molecule has 6 heteroatoms. The number of carboxylic acids is 1. The Morgan fingerprint density at radius 2 is 2.31 bits per heavy atom. The number of likely N-dealkylation sites (tertiary alicyclic amines) is 1. The average molecular weight is 223 g/mol. The number of imidazole rings is 1. The van der Waals surface area contributed by atoms with Gasteiger partial charge in [0.1, 0.15) is 11.7 Å². The number of aromatic amines is 1. The Labute approximate surface area is 92.3 Å². The molecule has 0 aromatic carbocycles. The maximum atomic E-state index is 12.0. The predicted molar refractivity (Wildman–Crippen MR) is 54.9 cm³/mol. The van der Waals surface area contributed by atoms with Crippen LogP contribution in [-0.2, 0) is 4.79 Å². The highest BCUT2D eigenvalue weighted by Crippen LogP contribution is 2.19. The third-order valence-corrected chi connectivity index (χ3v) is 2.78. The molecule has 2 N–H and O–H groups in total. The smallest absolute Gasteiger partial charge is 0.326 e. The van der Waals surface area contributed by atoms with Gasteiger partial charge in [0.15, 0.2) is 0 Å². The number of nitrogens with zero attached hydrogens (tertiary/aromatic N) is 2. The van der Waals surface area contributed by atoms with E-state index in [1.54, 1.807) is 0 Å². The fraction of sp³-hybridized carbons (Fsp3) is 0.500. The van der Waals surface area contributed by atoms with Gasteiger partial charge in [-0.15, -0.1) is 0 Å². The first-order chi connectivity index (χ1) is 7.70. The van der Waals surface area contributed by atoms with Gasteiger partial charge in [0, 0.05) is 6.54 Å². The van der Waals surface area contributed by atoms with Crippen LogP contribution in [-0.4, -0.2) is 44.4 Å². The van der Waals surface area contributed by atoms with Crippen molar-refractivity contribution in [3.8, 4) is 0 Å². The molecule has 6 nitrogen and oxygen atoms in total. The number of rotatable bonds is 2. The van der Waals surface area contributed by atoms with Crippen molar-refractivity contribution in [1.82, 2.24) is 14.9 Å². The lowest BCUT2D eigenvalue weighted by atomic mass is 10.0. The van der Waals surface area contributed by atoms with Crippen LogP contribution in [0.5, 0.6) is 0 Å². The van der Waals surface area contributed by atoms with E-state index in [0.717, 1.165) is 12.8 Å². The van der Waals surface area contributed by atoms with Gasteiger partial charge in [-0.1, -0.05) is 0 Å². The normalized spacial score (nSPS) is 20.8. The molecule has 1 fully saturated rings. The number of piperidine rings is 1. The van der Waals surface area contributed by atoms with E-state index >= 15 is 0 Å². The average Bonchev–Trinajstić information content (AvgIpc) is 2.81. The molecule has 1 aromatic heterocycles. The van der Waals surface area contributed by atoms with E-state index < -0.39 is 12.0 Å². The molecule has 0 aliphatic carbocycles. The summed E-state index contributed by atoms with van der Waals surface area (Å²) >= 11 is 0. The molecule has 2 heterocycles. The standard InChI is InChI=1S/C10H13N3O3/c14-9(7-5-11-6-12-7)13-4-2-1-3-8(13)10(15)16/h5-6,8H,1-4H2,(H,11,12)(H,15,16)/t8-/m1/s1. The van der Waals surface area contributed by atoms with Crippen LogP contribution in [0.15, 0.2) is 12.5 Å². The summed E-state index contributed by atoms with van der Waals surface area (Å²) in [6, 6.07) is -0.704. The maximum Gasteiger partial charge on any atom is 0.326 e. The van der Waals surface area contributed by atoms with Gasteiger partial charge < -0.3 is 15.0 Å². The van der Waals surface area contributed by atoms with Crippen molar-refractivity contribution in [2.45, 2.75) is 25.3 Å². The Balaban J connectivity index is 2.17. The Morgan fingerprint density at radius 3 is 2.94 bits per heavy atom. The minimum atomic E-state index is -0.937. The highest BCUT2D eigenvalue weighted by atomic mass is 16.4. The molecule has 0 unspecified atom stereocenters. The van der Waals surface area contributed by atoms with Gasteiger partial charge in [0.2, 0.25) is 0 Å². The maximum absolute atomic E-state index is 12.0. The van der Waals surface area contributed by atoms with E-state index in [-0.39, 0.29) is 5.91 Å². The fourth-order valence-electron chi connectivity index (χ4n) is 1.96. The van der Waals surface area contributed by atoms with E-state index in [0.29, 0.717) is 18.7 Å². The number of nitrogens with one attached hydrogen (secondary N) is 1. The van der Waals surface area contributed by atoms with Crippen LogP contribution >= 0.6 is 0 Å². The summed E-state index contributed by atoms with van der Waals surface area (Å²) in [6.45, 7) is 0.495. The Hall–Kier alpha value is -1.85. The largest absolute Gasteiger partial charge is 0.480 e. The molecule has 16 heavy (non-hydrogen) atoms. The van der Waals surface area contributed by atoms with Gasteiger partial charge in [-0.3, -0.25) is 4.79 Å². The fourth-order valence-corrected chi connectivity index (χ4v) is 1.96. The first-order valence-electron chi connectivity index (χ1n) is 5.22. The minimum absolute atomic E-state index is 0.287. The Kier molecular flexibility index (Phi) is 2.89. The lowest BCUT2D eigenvalue weighted by Crippen LogP contribution is -2.48. The SMILES string of the molecule is O=C(O)[C@H]1CCCCN1C(=O)c1cnc[nH]1. The molecule has 1 saturated heterocycles. The van der Waals surface area contributed by atoms with Crippen molar-refractivity contribution >= 4 is 11.9 Å². The molecule has 1 aliphatic rings. The molecule has 0 saturated carbocycles. The van der Waals surface area contributed by atoms with Gasteiger partial charge in [-0.05, 0) is 19.3 Å². The van der Waals surface area contributed by atoms with E-state index in [9.17, 15) is 9.59 Å². The highest BCUT2D eigenvalue weighted by Gasteiger charge is 2.32. The number of hydrogen-bond donors (Lipinski definition) is 2. The molecule has 0 spiro atoms. The van der Waals surface area contributed by atoms with Crippen LogP contribution in [0.25, 0.3) is 0 Å². The number of hydrogen-bond acceptors (Lipinski definition) is 3. The number of aromatic nitrogens is 2. The summed E-state index contributed by atoms with van der Waals surface area (Å²) in [5, 5.41) is 9.04. The van der Waals surface area contributed by atoms with E-state index in [4.69, 9.17) is 5.11 Å². The van der Waals surface area contributed by atoms with Gasteiger partial charge in [-0.2, -0.15) is 0 Å². The zero-order valence-electron chi connectivity index (χ0n) is 8.72. The van der Waals surface area contributed by atoms with E-state index in [2.05, 4.69) is 9.97 Å². The zero-order valence-corrected chi connectivity index (χ0v) is 8.72. The van der Waals surface area contributed by atoms with Crippen LogP contribution in [0.4, 0.5) is 0 Å². The number of carboxylic acid groups (broad SMARTS) is 1. The molecule has 2 rings (SSSR count). The van der Waals surface area contributed by atoms with Crippen molar-refractivity contribution in [1.29, 1.82) is 0 Å². The van der Waals surface area contributed by atoms with Crippen LogP contribution in [0.2, 0.25) is 0 Å². The highest BCUT2D eigenvalue weighted by molar-refractivity contribution is 5.94. The number of amides is 1. The van der Waals surface area contributed by atoms with Crippen molar-refractivity contribution in [3.63, 3.8) is 0 Å². The van der Waals surface area contributed by atoms with Gasteiger partial charge >= 0.3 is 5.97 Å². The zero-order chi connectivity index (χ0) is 11.5. The second-order valence-electron chi connectivity index (χ2n) is 3.81. The summed E-state index contributed by atoms with van der Waals surface area (Å²) in [4.78, 5) is 30.8. The monoisotopic (exact) mass is 223 g/mol.